The highest BCUT2D eigenvalue weighted by Gasteiger charge is 2.41. The SMILES string of the molecule is CCN(Cc1cccc(NC(=O)c2oc3ccc(Cl)cc3c2C)c1)C(=O)C(F)(F)F. The third-order valence-electron chi connectivity index (χ3n) is 4.57. The highest BCUT2D eigenvalue weighted by atomic mass is 35.5. The van der Waals surface area contributed by atoms with Crippen molar-refractivity contribution in [3.63, 3.8) is 0 Å². The quantitative estimate of drug-likeness (QED) is 0.567. The number of aryl methyl sites for hydroxylation is 1. The minimum absolute atomic E-state index is 0.102. The van der Waals surface area contributed by atoms with Gasteiger partial charge in [-0.25, -0.2) is 0 Å². The van der Waals surface area contributed by atoms with E-state index in [0.29, 0.717) is 37.7 Å². The number of halogens is 4. The summed E-state index contributed by atoms with van der Waals surface area (Å²) in [6, 6.07) is 11.3. The number of hydrogen-bond acceptors (Lipinski definition) is 3. The molecule has 0 spiro atoms. The molecule has 0 saturated heterocycles. The van der Waals surface area contributed by atoms with E-state index in [0.717, 1.165) is 0 Å². The Balaban J connectivity index is 1.79. The number of furan rings is 1. The lowest BCUT2D eigenvalue weighted by Gasteiger charge is -2.22. The largest absolute Gasteiger partial charge is 0.471 e. The Morgan fingerprint density at radius 3 is 2.57 bits per heavy atom. The maximum atomic E-state index is 12.7. The first-order valence-electron chi connectivity index (χ1n) is 9.05. The first kappa shape index (κ1) is 21.7. The summed E-state index contributed by atoms with van der Waals surface area (Å²) < 4.78 is 43.8. The zero-order valence-corrected chi connectivity index (χ0v) is 16.9. The molecule has 0 aliphatic carbocycles. The van der Waals surface area contributed by atoms with Crippen molar-refractivity contribution in [1.82, 2.24) is 4.90 Å². The molecule has 5 nitrogen and oxygen atoms in total. The summed E-state index contributed by atoms with van der Waals surface area (Å²) in [5.74, 6) is -2.30. The summed E-state index contributed by atoms with van der Waals surface area (Å²) >= 11 is 5.99. The maximum Gasteiger partial charge on any atom is 0.471 e. The van der Waals surface area contributed by atoms with Crippen LogP contribution in [0.4, 0.5) is 18.9 Å². The molecule has 3 aromatic rings. The Morgan fingerprint density at radius 1 is 1.17 bits per heavy atom. The Morgan fingerprint density at radius 2 is 1.90 bits per heavy atom. The molecule has 2 amide bonds. The number of fused-ring (bicyclic) bond motifs is 1. The Hall–Kier alpha value is -3.00. The molecule has 1 N–H and O–H groups in total. The van der Waals surface area contributed by atoms with Crippen LogP contribution in [0.2, 0.25) is 5.02 Å². The minimum atomic E-state index is -4.94. The zero-order chi connectivity index (χ0) is 22.1. The van der Waals surface area contributed by atoms with Crippen LogP contribution in [0, 0.1) is 6.92 Å². The normalized spacial score (nSPS) is 11.5. The molecule has 3 rings (SSSR count). The molecular formula is C21H18ClF3N2O3. The Kier molecular flexibility index (Phi) is 6.07. The van der Waals surface area contributed by atoms with Crippen molar-refractivity contribution in [3.8, 4) is 0 Å². The average molecular weight is 439 g/mol. The van der Waals surface area contributed by atoms with Gasteiger partial charge in [0, 0.05) is 34.7 Å². The summed E-state index contributed by atoms with van der Waals surface area (Å²) in [6.45, 7) is 2.86. The number of rotatable bonds is 5. The lowest BCUT2D eigenvalue weighted by Crippen LogP contribution is -2.40. The van der Waals surface area contributed by atoms with E-state index in [1.807, 2.05) is 0 Å². The minimum Gasteiger partial charge on any atom is -0.451 e. The number of anilines is 1. The molecular weight excluding hydrogens is 421 g/mol. The first-order valence-corrected chi connectivity index (χ1v) is 9.43. The van der Waals surface area contributed by atoms with E-state index in [4.69, 9.17) is 16.0 Å². The summed E-state index contributed by atoms with van der Waals surface area (Å²) in [6.07, 6.45) is -4.94. The molecule has 30 heavy (non-hydrogen) atoms. The van der Waals surface area contributed by atoms with E-state index in [1.165, 1.54) is 13.0 Å². The molecule has 0 bridgehead atoms. The summed E-state index contributed by atoms with van der Waals surface area (Å²) in [5.41, 5.74) is 1.94. The van der Waals surface area contributed by atoms with Gasteiger partial charge in [0.05, 0.1) is 0 Å². The van der Waals surface area contributed by atoms with Gasteiger partial charge in [0.2, 0.25) is 0 Å². The number of nitrogens with one attached hydrogen (secondary N) is 1. The van der Waals surface area contributed by atoms with Crippen LogP contribution >= 0.6 is 11.6 Å². The fraction of sp³-hybridized carbons (Fsp3) is 0.238. The smallest absolute Gasteiger partial charge is 0.451 e. The monoisotopic (exact) mass is 438 g/mol. The van der Waals surface area contributed by atoms with Gasteiger partial charge in [-0.2, -0.15) is 13.2 Å². The van der Waals surface area contributed by atoms with Crippen LogP contribution in [0.1, 0.15) is 28.6 Å². The molecule has 2 aromatic carbocycles. The third kappa shape index (κ3) is 4.59. The molecule has 158 valence electrons. The van der Waals surface area contributed by atoms with Crippen molar-refractivity contribution in [1.29, 1.82) is 0 Å². The van der Waals surface area contributed by atoms with Crippen molar-refractivity contribution in [2.24, 2.45) is 0 Å². The number of carbonyl (C=O) groups is 2. The van der Waals surface area contributed by atoms with Gasteiger partial charge >= 0.3 is 12.1 Å². The highest BCUT2D eigenvalue weighted by Crippen LogP contribution is 2.28. The molecule has 0 aliphatic heterocycles. The molecule has 1 aromatic heterocycles. The fourth-order valence-electron chi connectivity index (χ4n) is 3.07. The van der Waals surface area contributed by atoms with Gasteiger partial charge in [-0.15, -0.1) is 0 Å². The van der Waals surface area contributed by atoms with Gasteiger partial charge in [0.25, 0.3) is 5.91 Å². The maximum absolute atomic E-state index is 12.7. The Bertz CT molecular complexity index is 1110. The van der Waals surface area contributed by atoms with Crippen LogP contribution in [0.3, 0.4) is 0 Å². The van der Waals surface area contributed by atoms with E-state index < -0.39 is 18.0 Å². The third-order valence-corrected chi connectivity index (χ3v) is 4.81. The van der Waals surface area contributed by atoms with E-state index in [9.17, 15) is 22.8 Å². The van der Waals surface area contributed by atoms with Gasteiger partial charge in [0.15, 0.2) is 5.76 Å². The van der Waals surface area contributed by atoms with Crippen LogP contribution in [0.5, 0.6) is 0 Å². The molecule has 1 heterocycles. The predicted octanol–water partition coefficient (Wildman–Crippen LogP) is 5.56. The van der Waals surface area contributed by atoms with Crippen LogP contribution in [-0.4, -0.2) is 29.4 Å². The lowest BCUT2D eigenvalue weighted by molar-refractivity contribution is -0.185. The second-order valence-corrected chi connectivity index (χ2v) is 7.10. The van der Waals surface area contributed by atoms with Crippen molar-refractivity contribution in [3.05, 3.63) is 64.4 Å². The van der Waals surface area contributed by atoms with E-state index in [1.54, 1.807) is 43.3 Å². The predicted molar refractivity (Wildman–Crippen MR) is 108 cm³/mol. The van der Waals surface area contributed by atoms with Crippen molar-refractivity contribution < 1.29 is 27.2 Å². The van der Waals surface area contributed by atoms with E-state index in [2.05, 4.69) is 5.32 Å². The number of nitrogens with zero attached hydrogens (tertiary/aromatic N) is 1. The topological polar surface area (TPSA) is 62.6 Å². The average Bonchev–Trinajstić information content (AvgIpc) is 3.01. The van der Waals surface area contributed by atoms with Crippen molar-refractivity contribution >= 4 is 40.1 Å². The molecule has 0 atom stereocenters. The van der Waals surface area contributed by atoms with Crippen LogP contribution < -0.4 is 5.32 Å². The summed E-state index contributed by atoms with van der Waals surface area (Å²) in [7, 11) is 0. The van der Waals surface area contributed by atoms with Crippen LogP contribution in [0.15, 0.2) is 46.9 Å². The number of hydrogen-bond donors (Lipinski definition) is 1. The summed E-state index contributed by atoms with van der Waals surface area (Å²) in [4.78, 5) is 24.9. The van der Waals surface area contributed by atoms with E-state index in [-0.39, 0.29) is 18.8 Å². The highest BCUT2D eigenvalue weighted by molar-refractivity contribution is 6.31. The zero-order valence-electron chi connectivity index (χ0n) is 16.1. The number of benzene rings is 2. The Labute approximate surface area is 175 Å². The van der Waals surface area contributed by atoms with Gasteiger partial charge in [-0.3, -0.25) is 9.59 Å². The first-order chi connectivity index (χ1) is 14.1. The second kappa shape index (κ2) is 8.39. The molecule has 0 fully saturated rings. The lowest BCUT2D eigenvalue weighted by atomic mass is 10.1. The van der Waals surface area contributed by atoms with Gasteiger partial charge < -0.3 is 14.6 Å². The molecule has 0 aliphatic rings. The number of carbonyl (C=O) groups excluding carboxylic acids is 2. The second-order valence-electron chi connectivity index (χ2n) is 6.67. The van der Waals surface area contributed by atoms with Crippen LogP contribution in [0.25, 0.3) is 11.0 Å². The molecule has 0 radical (unpaired) electrons. The summed E-state index contributed by atoms with van der Waals surface area (Å²) in [5, 5.41) is 3.90. The van der Waals surface area contributed by atoms with Gasteiger partial charge in [-0.05, 0) is 49.7 Å². The van der Waals surface area contributed by atoms with E-state index >= 15 is 0 Å². The number of amides is 2. The van der Waals surface area contributed by atoms with Gasteiger partial charge in [-0.1, -0.05) is 23.7 Å². The molecule has 9 heteroatoms. The van der Waals surface area contributed by atoms with Crippen LogP contribution in [-0.2, 0) is 11.3 Å². The van der Waals surface area contributed by atoms with Crippen molar-refractivity contribution in [2.75, 3.05) is 11.9 Å². The molecule has 0 saturated carbocycles. The number of alkyl halides is 3. The fourth-order valence-corrected chi connectivity index (χ4v) is 3.24. The molecule has 0 unspecified atom stereocenters. The van der Waals surface area contributed by atoms with Crippen molar-refractivity contribution in [2.45, 2.75) is 26.6 Å². The standard InChI is InChI=1S/C21H18ClF3N2O3/c1-3-27(20(29)21(23,24)25)11-13-5-4-6-15(9-13)26-19(28)18-12(2)16-10-14(22)7-8-17(16)30-18/h4-10H,3,11H2,1-2H3,(H,26,28). The van der Waals surface area contributed by atoms with Gasteiger partial charge in [0.1, 0.15) is 5.58 Å².